The Balaban J connectivity index is 3.32. The maximum absolute atomic E-state index is 10.9. The molecule has 0 amide bonds. The lowest BCUT2D eigenvalue weighted by molar-refractivity contribution is -0.384. The van der Waals surface area contributed by atoms with Gasteiger partial charge in [-0.15, -0.1) is 0 Å². The number of nitro benzene ring substituents is 1. The van der Waals surface area contributed by atoms with Crippen molar-refractivity contribution in [3.8, 4) is 0 Å². The zero-order valence-corrected chi connectivity index (χ0v) is 9.52. The van der Waals surface area contributed by atoms with Crippen LogP contribution in [0.3, 0.4) is 0 Å². The summed E-state index contributed by atoms with van der Waals surface area (Å²) < 4.78 is 0. The van der Waals surface area contributed by atoms with Crippen molar-refractivity contribution in [3.63, 3.8) is 0 Å². The van der Waals surface area contributed by atoms with Crippen molar-refractivity contribution < 1.29 is 15.1 Å². The van der Waals surface area contributed by atoms with E-state index in [0.717, 1.165) is 0 Å². The van der Waals surface area contributed by atoms with Gasteiger partial charge in [0, 0.05) is 12.0 Å². The van der Waals surface area contributed by atoms with Gasteiger partial charge in [0.25, 0.3) is 5.69 Å². The van der Waals surface area contributed by atoms with Crippen LogP contribution < -0.4 is 11.5 Å². The van der Waals surface area contributed by atoms with Crippen molar-refractivity contribution in [1.82, 2.24) is 0 Å². The van der Waals surface area contributed by atoms with Crippen molar-refractivity contribution in [1.29, 1.82) is 0 Å². The topological polar surface area (TPSA) is 136 Å². The largest absolute Gasteiger partial charge is 0.396 e. The molecule has 1 rings (SSSR count). The molecule has 0 spiro atoms. The molecule has 8 heteroatoms. The Labute approximate surface area is 102 Å². The summed E-state index contributed by atoms with van der Waals surface area (Å²) in [6.45, 7) is -0.515. The maximum atomic E-state index is 10.9. The smallest absolute Gasteiger partial charge is 0.297 e. The third-order valence-corrected chi connectivity index (χ3v) is 2.57. The molecule has 0 radical (unpaired) electrons. The van der Waals surface area contributed by atoms with Gasteiger partial charge in [-0.25, -0.2) is 0 Å². The van der Waals surface area contributed by atoms with Gasteiger partial charge in [-0.3, -0.25) is 10.1 Å². The van der Waals surface area contributed by atoms with E-state index < -0.39 is 17.6 Å². The highest BCUT2D eigenvalue weighted by molar-refractivity contribution is 6.34. The van der Waals surface area contributed by atoms with Crippen LogP contribution in [0.2, 0.25) is 5.02 Å². The zero-order chi connectivity index (χ0) is 13.2. The van der Waals surface area contributed by atoms with Crippen LogP contribution in [0.15, 0.2) is 6.07 Å². The summed E-state index contributed by atoms with van der Waals surface area (Å²) >= 11 is 5.75. The molecule has 0 saturated carbocycles. The molecule has 0 bridgehead atoms. The van der Waals surface area contributed by atoms with Gasteiger partial charge in [-0.1, -0.05) is 11.6 Å². The highest BCUT2D eigenvalue weighted by atomic mass is 35.5. The van der Waals surface area contributed by atoms with Gasteiger partial charge in [-0.2, -0.15) is 0 Å². The number of anilines is 2. The Bertz CT molecular complexity index is 452. The van der Waals surface area contributed by atoms with E-state index in [4.69, 9.17) is 28.2 Å². The first kappa shape index (κ1) is 13.5. The monoisotopic (exact) mass is 261 g/mol. The number of nitro groups is 1. The summed E-state index contributed by atoms with van der Waals surface area (Å²) in [5.41, 5.74) is 10.4. The number of aliphatic hydroxyl groups excluding tert-OH is 2. The van der Waals surface area contributed by atoms with Crippen LogP contribution in [0.25, 0.3) is 0 Å². The van der Waals surface area contributed by atoms with E-state index in [-0.39, 0.29) is 34.1 Å². The molecule has 0 aliphatic heterocycles. The summed E-state index contributed by atoms with van der Waals surface area (Å²) in [6, 6.07) is 1.27. The van der Waals surface area contributed by atoms with E-state index in [1.54, 1.807) is 0 Å². The van der Waals surface area contributed by atoms with Crippen molar-refractivity contribution in [2.24, 2.45) is 0 Å². The lowest BCUT2D eigenvalue weighted by atomic mass is 10.0. The lowest BCUT2D eigenvalue weighted by Gasteiger charge is -2.11. The second-order valence-electron chi connectivity index (χ2n) is 3.49. The molecule has 0 aromatic heterocycles. The predicted octanol–water partition coefficient (Wildman–Crippen LogP) is 0.308. The number of hydrogen-bond acceptors (Lipinski definition) is 6. The number of rotatable bonds is 4. The molecule has 0 fully saturated rings. The maximum Gasteiger partial charge on any atom is 0.297 e. The summed E-state index contributed by atoms with van der Waals surface area (Å²) in [4.78, 5) is 10.2. The zero-order valence-electron chi connectivity index (χ0n) is 8.76. The first-order valence-corrected chi connectivity index (χ1v) is 5.05. The second-order valence-corrected chi connectivity index (χ2v) is 3.90. The van der Waals surface area contributed by atoms with Gasteiger partial charge in [0.1, 0.15) is 5.69 Å². The van der Waals surface area contributed by atoms with Crippen LogP contribution in [0, 0.1) is 10.1 Å². The van der Waals surface area contributed by atoms with E-state index in [1.165, 1.54) is 6.07 Å². The van der Waals surface area contributed by atoms with E-state index in [0.29, 0.717) is 0 Å². The number of nitrogen functional groups attached to an aromatic ring is 2. The summed E-state index contributed by atoms with van der Waals surface area (Å²) in [7, 11) is 0. The molecule has 1 aromatic rings. The highest BCUT2D eigenvalue weighted by Crippen LogP contribution is 2.37. The normalized spacial score (nSPS) is 12.4. The fraction of sp³-hybridized carbons (Fsp3) is 0.333. The van der Waals surface area contributed by atoms with Gasteiger partial charge in [0.2, 0.25) is 0 Å². The standard InChI is InChI=1S/C9H12ClN3O4/c10-6-2-4(1-5(15)3-14)9(13(16)17)8(12)7(6)11/h2,5,14-15H,1,3,11-12H2. The minimum Gasteiger partial charge on any atom is -0.396 e. The minimum absolute atomic E-state index is 0.0689. The molecule has 94 valence electrons. The SMILES string of the molecule is Nc1c(Cl)cc(CC(O)CO)c([N+](=O)[O-])c1N. The molecule has 1 atom stereocenters. The van der Waals surface area contributed by atoms with E-state index in [2.05, 4.69) is 0 Å². The fourth-order valence-electron chi connectivity index (χ4n) is 1.42. The van der Waals surface area contributed by atoms with Crippen LogP contribution in [0.1, 0.15) is 5.56 Å². The summed E-state index contributed by atoms with van der Waals surface area (Å²) in [5.74, 6) is 0. The molecule has 7 nitrogen and oxygen atoms in total. The Morgan fingerprint density at radius 3 is 2.53 bits per heavy atom. The number of halogens is 1. The Kier molecular flexibility index (Phi) is 4.11. The van der Waals surface area contributed by atoms with Crippen molar-refractivity contribution >= 4 is 28.7 Å². The van der Waals surface area contributed by atoms with Crippen molar-refractivity contribution in [3.05, 3.63) is 26.8 Å². The average Bonchev–Trinajstić information content (AvgIpc) is 2.25. The van der Waals surface area contributed by atoms with E-state index in [1.807, 2.05) is 0 Å². The minimum atomic E-state index is -1.12. The molecular formula is C9H12ClN3O4. The van der Waals surface area contributed by atoms with Gasteiger partial charge in [0.05, 0.1) is 28.3 Å². The third kappa shape index (κ3) is 2.76. The summed E-state index contributed by atoms with van der Waals surface area (Å²) in [5, 5.41) is 28.9. The Hall–Kier alpha value is -1.57. The first-order valence-electron chi connectivity index (χ1n) is 4.68. The number of nitrogens with two attached hydrogens (primary N) is 2. The number of aliphatic hydroxyl groups is 2. The quantitative estimate of drug-likeness (QED) is 0.350. The molecule has 0 saturated heterocycles. The summed E-state index contributed by atoms with van der Waals surface area (Å²) in [6.07, 6.45) is -1.25. The highest BCUT2D eigenvalue weighted by Gasteiger charge is 2.24. The average molecular weight is 262 g/mol. The van der Waals surface area contributed by atoms with Crippen molar-refractivity contribution in [2.45, 2.75) is 12.5 Å². The number of benzene rings is 1. The number of nitrogens with zero attached hydrogens (tertiary/aromatic N) is 1. The molecule has 6 N–H and O–H groups in total. The van der Waals surface area contributed by atoms with E-state index in [9.17, 15) is 15.2 Å². The van der Waals surface area contributed by atoms with Gasteiger partial charge in [0.15, 0.2) is 0 Å². The Morgan fingerprint density at radius 1 is 1.47 bits per heavy atom. The van der Waals surface area contributed by atoms with Crippen LogP contribution in [-0.2, 0) is 6.42 Å². The van der Waals surface area contributed by atoms with Crippen LogP contribution in [0.4, 0.5) is 17.1 Å². The Morgan fingerprint density at radius 2 is 2.06 bits per heavy atom. The molecule has 1 aromatic carbocycles. The van der Waals surface area contributed by atoms with Crippen LogP contribution in [-0.4, -0.2) is 27.8 Å². The molecule has 0 heterocycles. The fourth-order valence-corrected chi connectivity index (χ4v) is 1.65. The molecule has 17 heavy (non-hydrogen) atoms. The van der Waals surface area contributed by atoms with E-state index >= 15 is 0 Å². The number of hydrogen-bond donors (Lipinski definition) is 4. The second kappa shape index (κ2) is 5.17. The van der Waals surface area contributed by atoms with Gasteiger partial charge in [-0.05, 0) is 6.07 Å². The molecule has 0 aliphatic carbocycles. The van der Waals surface area contributed by atoms with Gasteiger partial charge < -0.3 is 21.7 Å². The lowest BCUT2D eigenvalue weighted by Crippen LogP contribution is -2.17. The van der Waals surface area contributed by atoms with Gasteiger partial charge >= 0.3 is 0 Å². The molecule has 1 unspecified atom stereocenters. The first-order chi connectivity index (χ1) is 7.88. The predicted molar refractivity (Wildman–Crippen MR) is 63.7 cm³/mol. The molecule has 0 aliphatic rings. The van der Waals surface area contributed by atoms with Crippen LogP contribution >= 0.6 is 11.6 Å². The van der Waals surface area contributed by atoms with Crippen LogP contribution in [0.5, 0.6) is 0 Å². The third-order valence-electron chi connectivity index (χ3n) is 2.26. The van der Waals surface area contributed by atoms with Crippen molar-refractivity contribution in [2.75, 3.05) is 18.1 Å². The molecular weight excluding hydrogens is 250 g/mol.